The van der Waals surface area contributed by atoms with Crippen LogP contribution in [0.25, 0.3) is 0 Å². The van der Waals surface area contributed by atoms with Gasteiger partial charge in [-0.15, -0.1) is 0 Å². The Morgan fingerprint density at radius 3 is 1.68 bits per heavy atom. The Labute approximate surface area is 126 Å². The quantitative estimate of drug-likeness (QED) is 0.674. The molecular formula is C13H20Cl2O3Si. The summed E-state index contributed by atoms with van der Waals surface area (Å²) in [6.45, 7) is 7.38. The van der Waals surface area contributed by atoms with E-state index in [1.165, 1.54) is 0 Å². The van der Waals surface area contributed by atoms with Gasteiger partial charge < -0.3 is 13.3 Å². The van der Waals surface area contributed by atoms with Crippen LogP contribution in [0.3, 0.4) is 0 Å². The minimum absolute atomic E-state index is 0.487. The first-order valence-corrected chi connectivity index (χ1v) is 9.12. The molecule has 19 heavy (non-hydrogen) atoms. The first kappa shape index (κ1) is 16.9. The van der Waals surface area contributed by atoms with E-state index in [0.29, 0.717) is 35.9 Å². The molecule has 1 rings (SSSR count). The van der Waals surface area contributed by atoms with Crippen LogP contribution >= 0.6 is 23.2 Å². The fraction of sp³-hybridized carbons (Fsp3) is 0.538. The molecule has 0 heterocycles. The third-order valence-electron chi connectivity index (χ3n) is 2.55. The molecule has 0 saturated carbocycles. The molecule has 3 nitrogen and oxygen atoms in total. The van der Waals surface area contributed by atoms with Gasteiger partial charge in [0.25, 0.3) is 0 Å². The van der Waals surface area contributed by atoms with Crippen molar-refractivity contribution in [1.82, 2.24) is 0 Å². The number of halogens is 2. The van der Waals surface area contributed by atoms with E-state index in [1.807, 2.05) is 39.0 Å². The van der Waals surface area contributed by atoms with Gasteiger partial charge in [-0.3, -0.25) is 0 Å². The highest BCUT2D eigenvalue weighted by Gasteiger charge is 2.41. The summed E-state index contributed by atoms with van der Waals surface area (Å²) in [5.41, 5.74) is 0.827. The van der Waals surface area contributed by atoms with Gasteiger partial charge >= 0.3 is 8.80 Å². The zero-order valence-electron chi connectivity index (χ0n) is 11.5. The molecule has 0 aliphatic heterocycles. The lowest BCUT2D eigenvalue weighted by Gasteiger charge is -2.29. The fourth-order valence-corrected chi connectivity index (χ4v) is 5.30. The van der Waals surface area contributed by atoms with E-state index in [0.717, 1.165) is 5.56 Å². The maximum atomic E-state index is 6.21. The molecule has 0 aromatic heterocycles. The molecule has 0 aliphatic carbocycles. The van der Waals surface area contributed by atoms with Crippen molar-refractivity contribution in [3.63, 3.8) is 0 Å². The Balaban J connectivity index is 3.04. The first-order chi connectivity index (χ1) is 9.08. The van der Waals surface area contributed by atoms with Gasteiger partial charge in [0.15, 0.2) is 0 Å². The largest absolute Gasteiger partial charge is 0.505 e. The van der Waals surface area contributed by atoms with Gasteiger partial charge in [-0.25, -0.2) is 0 Å². The smallest absolute Gasteiger partial charge is 0.374 e. The number of hydrogen-bond acceptors (Lipinski definition) is 3. The average molecular weight is 323 g/mol. The monoisotopic (exact) mass is 322 g/mol. The van der Waals surface area contributed by atoms with Crippen molar-refractivity contribution < 1.29 is 13.3 Å². The molecule has 0 spiro atoms. The Kier molecular flexibility index (Phi) is 7.35. The van der Waals surface area contributed by atoms with Crippen LogP contribution in [0.15, 0.2) is 18.2 Å². The Bertz CT molecular complexity index is 364. The Hall–Kier alpha value is -0.103. The summed E-state index contributed by atoms with van der Waals surface area (Å²) in [4.78, 5) is 0. The summed E-state index contributed by atoms with van der Waals surface area (Å²) in [6.07, 6.45) is 0. The van der Waals surface area contributed by atoms with Crippen LogP contribution < -0.4 is 0 Å². The maximum absolute atomic E-state index is 6.21. The van der Waals surface area contributed by atoms with E-state index in [4.69, 9.17) is 36.5 Å². The van der Waals surface area contributed by atoms with Crippen molar-refractivity contribution in [2.45, 2.75) is 26.8 Å². The molecule has 0 N–H and O–H groups in total. The second kappa shape index (κ2) is 8.24. The van der Waals surface area contributed by atoms with Gasteiger partial charge in [0.2, 0.25) is 0 Å². The summed E-state index contributed by atoms with van der Waals surface area (Å²) < 4.78 is 17.4. The summed E-state index contributed by atoms with van der Waals surface area (Å²) in [6, 6.07) is 5.93. The third-order valence-corrected chi connectivity index (χ3v) is 6.23. The number of benzene rings is 1. The summed E-state index contributed by atoms with van der Waals surface area (Å²) >= 11 is 12.4. The van der Waals surface area contributed by atoms with Crippen molar-refractivity contribution in [2.24, 2.45) is 0 Å². The predicted octanol–water partition coefficient (Wildman–Crippen LogP) is 4.12. The van der Waals surface area contributed by atoms with Crippen LogP contribution in [0, 0.1) is 0 Å². The zero-order valence-corrected chi connectivity index (χ0v) is 14.1. The summed E-state index contributed by atoms with van der Waals surface area (Å²) in [7, 11) is -2.77. The van der Waals surface area contributed by atoms with Crippen LogP contribution in [0.1, 0.15) is 26.3 Å². The van der Waals surface area contributed by atoms with E-state index in [1.54, 1.807) is 0 Å². The third kappa shape index (κ3) is 4.74. The molecule has 1 aromatic rings. The van der Waals surface area contributed by atoms with Gasteiger partial charge in [0, 0.05) is 35.9 Å². The van der Waals surface area contributed by atoms with E-state index in [-0.39, 0.29) is 0 Å². The molecule has 0 amide bonds. The summed E-state index contributed by atoms with van der Waals surface area (Å²) in [5.74, 6) is 0. The van der Waals surface area contributed by atoms with Gasteiger partial charge in [0.1, 0.15) is 0 Å². The van der Waals surface area contributed by atoms with Crippen molar-refractivity contribution in [3.05, 3.63) is 33.8 Å². The first-order valence-electron chi connectivity index (χ1n) is 6.43. The molecule has 0 atom stereocenters. The molecule has 1 aromatic carbocycles. The molecule has 0 aliphatic rings. The molecule has 0 unspecified atom stereocenters. The lowest BCUT2D eigenvalue weighted by molar-refractivity contribution is 0.0704. The zero-order chi connectivity index (χ0) is 14.3. The van der Waals surface area contributed by atoms with E-state index >= 15 is 0 Å². The van der Waals surface area contributed by atoms with Crippen LogP contribution in [-0.4, -0.2) is 28.6 Å². The van der Waals surface area contributed by atoms with Crippen LogP contribution in [0.4, 0.5) is 0 Å². The van der Waals surface area contributed by atoms with E-state index in [2.05, 4.69) is 0 Å². The van der Waals surface area contributed by atoms with Gasteiger partial charge in [-0.2, -0.15) is 0 Å². The van der Waals surface area contributed by atoms with E-state index in [9.17, 15) is 0 Å². The number of hydrogen-bond donors (Lipinski definition) is 0. The molecule has 0 bridgehead atoms. The highest BCUT2D eigenvalue weighted by molar-refractivity contribution is 6.60. The maximum Gasteiger partial charge on any atom is 0.505 e. The molecule has 0 fully saturated rings. The van der Waals surface area contributed by atoms with Crippen molar-refractivity contribution >= 4 is 32.0 Å². The van der Waals surface area contributed by atoms with Gasteiger partial charge in [0.05, 0.1) is 0 Å². The SMILES string of the molecule is CCO[Si](Cc1c(Cl)cccc1Cl)(OCC)OCC. The van der Waals surface area contributed by atoms with E-state index < -0.39 is 8.80 Å². The molecule has 0 saturated heterocycles. The Morgan fingerprint density at radius 1 is 0.895 bits per heavy atom. The fourth-order valence-electron chi connectivity index (χ4n) is 1.86. The van der Waals surface area contributed by atoms with Crippen LogP contribution in [0.2, 0.25) is 10.0 Å². The standard InChI is InChI=1S/C13H20Cl2O3Si/c1-4-16-19(17-5-2,18-6-3)10-11-12(14)8-7-9-13(11)15/h7-9H,4-6,10H2,1-3H3. The second-order valence-electron chi connectivity index (χ2n) is 3.86. The minimum atomic E-state index is -2.77. The molecule has 6 heteroatoms. The van der Waals surface area contributed by atoms with Crippen LogP contribution in [0.5, 0.6) is 0 Å². The lowest BCUT2D eigenvalue weighted by Crippen LogP contribution is -2.48. The van der Waals surface area contributed by atoms with Crippen molar-refractivity contribution in [3.8, 4) is 0 Å². The normalized spacial score (nSPS) is 11.8. The molecule has 108 valence electrons. The predicted molar refractivity (Wildman–Crippen MR) is 80.8 cm³/mol. The molecular weight excluding hydrogens is 303 g/mol. The molecule has 0 radical (unpaired) electrons. The topological polar surface area (TPSA) is 27.7 Å². The van der Waals surface area contributed by atoms with Crippen LogP contribution in [-0.2, 0) is 19.3 Å². The van der Waals surface area contributed by atoms with Crippen molar-refractivity contribution in [1.29, 1.82) is 0 Å². The summed E-state index contributed by atoms with van der Waals surface area (Å²) in [5, 5.41) is 1.23. The average Bonchev–Trinajstić information content (AvgIpc) is 2.35. The van der Waals surface area contributed by atoms with Gasteiger partial charge in [-0.1, -0.05) is 29.3 Å². The van der Waals surface area contributed by atoms with Gasteiger partial charge in [-0.05, 0) is 38.5 Å². The second-order valence-corrected chi connectivity index (χ2v) is 7.26. The number of rotatable bonds is 8. The van der Waals surface area contributed by atoms with Crippen molar-refractivity contribution in [2.75, 3.05) is 19.8 Å². The minimum Gasteiger partial charge on any atom is -0.374 e. The lowest BCUT2D eigenvalue weighted by atomic mass is 10.2. The highest BCUT2D eigenvalue weighted by Crippen LogP contribution is 2.29. The highest BCUT2D eigenvalue weighted by atomic mass is 35.5. The Morgan fingerprint density at radius 2 is 1.32 bits per heavy atom.